The molecule has 2 heterocycles. The van der Waals surface area contributed by atoms with Gasteiger partial charge in [0.05, 0.1) is 12.7 Å². The number of ketones is 1. The molecule has 1 aromatic carbocycles. The maximum atomic E-state index is 11.5. The van der Waals surface area contributed by atoms with Crippen molar-refractivity contribution in [1.82, 2.24) is 4.98 Å². The number of hydrogen-bond donors (Lipinski definition) is 0. The summed E-state index contributed by atoms with van der Waals surface area (Å²) in [4.78, 5) is 15.7. The summed E-state index contributed by atoms with van der Waals surface area (Å²) in [6.07, 6.45) is 4.52. The average Bonchev–Trinajstić information content (AvgIpc) is 2.38. The first-order valence-electron chi connectivity index (χ1n) is 5.80. The zero-order valence-corrected chi connectivity index (χ0v) is 9.43. The van der Waals surface area contributed by atoms with Crippen molar-refractivity contribution in [2.75, 3.05) is 6.61 Å². The lowest BCUT2D eigenvalue weighted by molar-refractivity contribution is -0.128. The highest BCUT2D eigenvalue weighted by Crippen LogP contribution is 2.30. The van der Waals surface area contributed by atoms with E-state index in [4.69, 9.17) is 4.74 Å². The number of ether oxygens (including phenoxy) is 1. The van der Waals surface area contributed by atoms with Gasteiger partial charge in [-0.2, -0.15) is 0 Å². The van der Waals surface area contributed by atoms with E-state index in [0.29, 0.717) is 19.4 Å². The molecular weight excluding hydrogens is 214 g/mol. The second-order valence-corrected chi connectivity index (χ2v) is 4.30. The Morgan fingerprint density at radius 3 is 3.00 bits per heavy atom. The van der Waals surface area contributed by atoms with Crippen LogP contribution in [0.1, 0.15) is 24.5 Å². The minimum Gasteiger partial charge on any atom is -0.373 e. The molecule has 0 spiro atoms. The fourth-order valence-corrected chi connectivity index (χ4v) is 2.28. The first kappa shape index (κ1) is 10.4. The fourth-order valence-electron chi connectivity index (χ4n) is 2.28. The van der Waals surface area contributed by atoms with Gasteiger partial charge in [0, 0.05) is 36.2 Å². The summed E-state index contributed by atoms with van der Waals surface area (Å²) < 4.78 is 5.68. The van der Waals surface area contributed by atoms with Crippen LogP contribution < -0.4 is 0 Å². The van der Waals surface area contributed by atoms with Crippen molar-refractivity contribution in [2.24, 2.45) is 0 Å². The summed E-state index contributed by atoms with van der Waals surface area (Å²) in [6, 6.07) is 8.06. The van der Waals surface area contributed by atoms with E-state index < -0.39 is 0 Å². The van der Waals surface area contributed by atoms with Gasteiger partial charge >= 0.3 is 0 Å². The van der Waals surface area contributed by atoms with E-state index in [2.05, 4.69) is 11.1 Å². The lowest BCUT2D eigenvalue weighted by atomic mass is 9.97. The topological polar surface area (TPSA) is 39.2 Å². The molecule has 1 saturated heterocycles. The SMILES string of the molecule is O=C1CCOC(c2cncc3ccccc23)C1. The highest BCUT2D eigenvalue weighted by Gasteiger charge is 2.23. The molecule has 0 radical (unpaired) electrons. The van der Waals surface area contributed by atoms with Crippen molar-refractivity contribution in [3.63, 3.8) is 0 Å². The highest BCUT2D eigenvalue weighted by atomic mass is 16.5. The van der Waals surface area contributed by atoms with Crippen LogP contribution in [-0.4, -0.2) is 17.4 Å². The predicted octanol–water partition coefficient (Wildman–Crippen LogP) is 2.66. The van der Waals surface area contributed by atoms with E-state index in [9.17, 15) is 4.79 Å². The van der Waals surface area contributed by atoms with Crippen LogP contribution in [0.4, 0.5) is 0 Å². The molecule has 1 atom stereocenters. The number of Topliss-reactive ketones (excluding diaryl/α,β-unsaturated/α-hetero) is 1. The third kappa shape index (κ3) is 1.94. The molecule has 1 fully saturated rings. The predicted molar refractivity (Wildman–Crippen MR) is 64.7 cm³/mol. The molecule has 0 N–H and O–H groups in total. The number of fused-ring (bicyclic) bond motifs is 1. The van der Waals surface area contributed by atoms with Gasteiger partial charge in [-0.15, -0.1) is 0 Å². The van der Waals surface area contributed by atoms with E-state index in [0.717, 1.165) is 16.3 Å². The van der Waals surface area contributed by atoms with Crippen molar-refractivity contribution >= 4 is 16.6 Å². The molecule has 1 unspecified atom stereocenters. The summed E-state index contributed by atoms with van der Waals surface area (Å²) in [7, 11) is 0. The van der Waals surface area contributed by atoms with Gasteiger partial charge in [0.15, 0.2) is 0 Å². The van der Waals surface area contributed by atoms with Gasteiger partial charge in [0.2, 0.25) is 0 Å². The van der Waals surface area contributed by atoms with Gasteiger partial charge < -0.3 is 4.74 Å². The molecular formula is C14H13NO2. The van der Waals surface area contributed by atoms with E-state index in [-0.39, 0.29) is 11.9 Å². The molecule has 86 valence electrons. The Labute approximate surface area is 99.4 Å². The Morgan fingerprint density at radius 2 is 2.12 bits per heavy atom. The van der Waals surface area contributed by atoms with E-state index >= 15 is 0 Å². The smallest absolute Gasteiger partial charge is 0.138 e. The standard InChI is InChI=1S/C14H13NO2/c16-11-5-6-17-14(7-11)13-9-15-8-10-3-1-2-4-12(10)13/h1-4,8-9,14H,5-7H2. The van der Waals surface area contributed by atoms with Gasteiger partial charge in [0.25, 0.3) is 0 Å². The first-order chi connectivity index (χ1) is 8.34. The maximum absolute atomic E-state index is 11.5. The van der Waals surface area contributed by atoms with Crippen LogP contribution in [0, 0.1) is 0 Å². The zero-order valence-electron chi connectivity index (χ0n) is 9.43. The molecule has 0 aliphatic carbocycles. The van der Waals surface area contributed by atoms with Gasteiger partial charge in [-0.1, -0.05) is 24.3 Å². The van der Waals surface area contributed by atoms with E-state index in [1.165, 1.54) is 0 Å². The summed E-state index contributed by atoms with van der Waals surface area (Å²) in [5.74, 6) is 0.272. The lowest BCUT2D eigenvalue weighted by Crippen LogP contribution is -2.19. The van der Waals surface area contributed by atoms with Crippen molar-refractivity contribution < 1.29 is 9.53 Å². The van der Waals surface area contributed by atoms with Crippen molar-refractivity contribution in [1.29, 1.82) is 0 Å². The Morgan fingerprint density at radius 1 is 1.24 bits per heavy atom. The Kier molecular flexibility index (Phi) is 2.61. The number of carbonyl (C=O) groups is 1. The molecule has 0 amide bonds. The number of rotatable bonds is 1. The van der Waals surface area contributed by atoms with Gasteiger partial charge in [-0.05, 0) is 5.39 Å². The summed E-state index contributed by atoms with van der Waals surface area (Å²) in [5, 5.41) is 2.22. The Balaban J connectivity index is 2.07. The minimum absolute atomic E-state index is 0.130. The Bertz CT molecular complexity index is 560. The third-order valence-corrected chi connectivity index (χ3v) is 3.16. The van der Waals surface area contributed by atoms with Gasteiger partial charge in [-0.3, -0.25) is 9.78 Å². The summed E-state index contributed by atoms with van der Waals surface area (Å²) in [5.41, 5.74) is 1.02. The molecule has 0 bridgehead atoms. The van der Waals surface area contributed by atoms with Crippen LogP contribution in [-0.2, 0) is 9.53 Å². The van der Waals surface area contributed by atoms with E-state index in [1.54, 1.807) is 0 Å². The summed E-state index contributed by atoms with van der Waals surface area (Å²) in [6.45, 7) is 0.521. The van der Waals surface area contributed by atoms with Crippen molar-refractivity contribution in [3.05, 3.63) is 42.2 Å². The molecule has 2 aromatic rings. The molecule has 3 heteroatoms. The van der Waals surface area contributed by atoms with Crippen LogP contribution in [0.5, 0.6) is 0 Å². The second-order valence-electron chi connectivity index (χ2n) is 4.30. The minimum atomic E-state index is -0.130. The maximum Gasteiger partial charge on any atom is 0.138 e. The van der Waals surface area contributed by atoms with Crippen LogP contribution in [0.25, 0.3) is 10.8 Å². The van der Waals surface area contributed by atoms with Crippen LogP contribution in [0.15, 0.2) is 36.7 Å². The molecule has 3 nitrogen and oxygen atoms in total. The quantitative estimate of drug-likeness (QED) is 0.751. The Hall–Kier alpha value is -1.74. The summed E-state index contributed by atoms with van der Waals surface area (Å²) >= 11 is 0. The average molecular weight is 227 g/mol. The monoisotopic (exact) mass is 227 g/mol. The first-order valence-corrected chi connectivity index (χ1v) is 5.80. The number of nitrogens with zero attached hydrogens (tertiary/aromatic N) is 1. The van der Waals surface area contributed by atoms with Crippen LogP contribution in [0.2, 0.25) is 0 Å². The largest absolute Gasteiger partial charge is 0.373 e. The van der Waals surface area contributed by atoms with Crippen LogP contribution in [0.3, 0.4) is 0 Å². The van der Waals surface area contributed by atoms with Crippen molar-refractivity contribution in [2.45, 2.75) is 18.9 Å². The molecule has 3 rings (SSSR count). The third-order valence-electron chi connectivity index (χ3n) is 3.16. The van der Waals surface area contributed by atoms with Gasteiger partial charge in [-0.25, -0.2) is 0 Å². The molecule has 1 aliphatic rings. The van der Waals surface area contributed by atoms with Crippen LogP contribution >= 0.6 is 0 Å². The fraction of sp³-hybridized carbons (Fsp3) is 0.286. The highest BCUT2D eigenvalue weighted by molar-refractivity contribution is 5.86. The molecule has 0 saturated carbocycles. The molecule has 1 aliphatic heterocycles. The second kappa shape index (κ2) is 4.26. The number of benzene rings is 1. The molecule has 1 aromatic heterocycles. The normalized spacial score (nSPS) is 20.7. The molecule has 17 heavy (non-hydrogen) atoms. The number of carbonyl (C=O) groups excluding carboxylic acids is 1. The van der Waals surface area contributed by atoms with E-state index in [1.807, 2.05) is 30.6 Å². The number of hydrogen-bond acceptors (Lipinski definition) is 3. The van der Waals surface area contributed by atoms with Gasteiger partial charge in [0.1, 0.15) is 5.78 Å². The zero-order chi connectivity index (χ0) is 11.7. The number of pyridine rings is 1. The van der Waals surface area contributed by atoms with Crippen molar-refractivity contribution in [3.8, 4) is 0 Å². The lowest BCUT2D eigenvalue weighted by Gasteiger charge is -2.22. The number of aromatic nitrogens is 1.